The van der Waals surface area contributed by atoms with E-state index >= 15 is 0 Å². The van der Waals surface area contributed by atoms with Crippen LogP contribution >= 0.6 is 0 Å². The number of ether oxygens (including phenoxy) is 1. The van der Waals surface area contributed by atoms with E-state index < -0.39 is 0 Å². The molecule has 1 aliphatic heterocycles. The molecule has 4 nitrogen and oxygen atoms in total. The summed E-state index contributed by atoms with van der Waals surface area (Å²) in [6.45, 7) is 1.02. The predicted octanol–water partition coefficient (Wildman–Crippen LogP) is 0.836. The quantitative estimate of drug-likeness (QED) is 0.688. The van der Waals surface area contributed by atoms with Crippen molar-refractivity contribution in [2.75, 3.05) is 6.61 Å². The van der Waals surface area contributed by atoms with Crippen LogP contribution in [0, 0.1) is 0 Å². The van der Waals surface area contributed by atoms with Crippen LogP contribution < -0.4 is 0 Å². The summed E-state index contributed by atoms with van der Waals surface area (Å²) in [4.78, 5) is 0. The van der Waals surface area contributed by atoms with Gasteiger partial charge in [-0.15, -0.1) is 5.10 Å². The van der Waals surface area contributed by atoms with Crippen LogP contribution in [0.15, 0.2) is 24.3 Å². The number of hydrogen-bond donors (Lipinski definition) is 1. The second kappa shape index (κ2) is 5.76. The van der Waals surface area contributed by atoms with Gasteiger partial charge >= 0.3 is 0 Å². The van der Waals surface area contributed by atoms with Crippen LogP contribution in [-0.4, -0.2) is 38.0 Å². The van der Waals surface area contributed by atoms with Crippen molar-refractivity contribution in [3.05, 3.63) is 24.3 Å². The van der Waals surface area contributed by atoms with Gasteiger partial charge in [-0.2, -0.15) is 0 Å². The fraction of sp³-hybridized carbons (Fsp3) is 0.455. The normalized spacial score (nSPS) is 20.4. The monoisotopic (exact) mass is 235 g/mol. The van der Waals surface area contributed by atoms with Crippen LogP contribution in [0.1, 0.15) is 19.3 Å². The van der Waals surface area contributed by atoms with Gasteiger partial charge in [0.15, 0.2) is 0 Å². The minimum absolute atomic E-state index is 0.675. The number of nitrogens with zero attached hydrogens (tertiary/aromatic N) is 2. The Morgan fingerprint density at radius 3 is 2.81 bits per heavy atom. The second-order valence-electron chi connectivity index (χ2n) is 4.01. The summed E-state index contributed by atoms with van der Waals surface area (Å²) in [7, 11) is 1.23. The summed E-state index contributed by atoms with van der Waals surface area (Å²) in [6, 6.07) is 7.74. The minimum atomic E-state index is 0.675. The zero-order valence-corrected chi connectivity index (χ0v) is 11.5. The molecule has 86 valence electrons. The molecule has 2 aromatic rings. The third-order valence-corrected chi connectivity index (χ3v) is 3.55. The molecule has 3 rings (SSSR count). The van der Waals surface area contributed by atoms with Crippen molar-refractivity contribution in [1.29, 1.82) is 0 Å². The maximum absolute atomic E-state index is 5.34. The highest BCUT2D eigenvalue weighted by Gasteiger charge is 2.05. The number of aromatic nitrogens is 3. The zero-order chi connectivity index (χ0) is 11.2. The van der Waals surface area contributed by atoms with Crippen molar-refractivity contribution in [3.8, 4) is 0 Å². The average Bonchev–Trinajstić information content (AvgIpc) is 2.79. The zero-order valence-electron chi connectivity index (χ0n) is 9.52. The Morgan fingerprint density at radius 2 is 2.19 bits per heavy atom. The van der Waals surface area contributed by atoms with Crippen molar-refractivity contribution >= 4 is 21.3 Å². The summed E-state index contributed by atoms with van der Waals surface area (Å²) in [5.41, 5.74) is 2.57. The highest BCUT2D eigenvalue weighted by Crippen LogP contribution is 2.08. The topological polar surface area (TPSA) is 50.8 Å². The van der Waals surface area contributed by atoms with Gasteiger partial charge in [0.25, 0.3) is 0 Å². The van der Waals surface area contributed by atoms with E-state index in [0.29, 0.717) is 5.73 Å². The van der Waals surface area contributed by atoms with Gasteiger partial charge < -0.3 is 4.74 Å². The van der Waals surface area contributed by atoms with E-state index in [1.165, 1.54) is 29.5 Å². The van der Waals surface area contributed by atoms with Gasteiger partial charge in [0.1, 0.15) is 5.52 Å². The molecule has 0 bridgehead atoms. The van der Waals surface area contributed by atoms with E-state index in [1.54, 1.807) is 0 Å². The van der Waals surface area contributed by atoms with Crippen LogP contribution in [0.2, 0.25) is 0 Å². The number of rotatable bonds is 0. The second-order valence-corrected chi connectivity index (χ2v) is 5.29. The molecule has 1 N–H and O–H groups in total. The first-order chi connectivity index (χ1) is 7.86. The minimum Gasteiger partial charge on any atom is -0.383 e. The molecular weight excluding hydrogens is 218 g/mol. The first-order valence-electron chi connectivity index (χ1n) is 5.73. The van der Waals surface area contributed by atoms with Crippen molar-refractivity contribution < 1.29 is 4.74 Å². The first-order valence-corrected chi connectivity index (χ1v) is 6.89. The molecule has 1 unspecified atom stereocenters. The summed E-state index contributed by atoms with van der Waals surface area (Å²) in [5, 5.41) is 10.2. The maximum atomic E-state index is 5.34. The number of nitrogens with one attached hydrogen (secondary N) is 1. The molecule has 1 aliphatic rings. The van der Waals surface area contributed by atoms with E-state index in [0.717, 1.165) is 17.6 Å². The molecule has 0 saturated carbocycles. The average molecular weight is 235 g/mol. The lowest BCUT2D eigenvalue weighted by Gasteiger charge is -2.17. The van der Waals surface area contributed by atoms with Gasteiger partial charge in [0.2, 0.25) is 0 Å². The number of fused-ring (bicyclic) bond motifs is 1. The largest absolute Gasteiger partial charge is 0.383 e. The Labute approximate surface area is 97.8 Å². The lowest BCUT2D eigenvalue weighted by molar-refractivity contribution is 0.0675. The molecule has 2 heterocycles. The number of benzene rings is 1. The van der Waals surface area contributed by atoms with Crippen LogP contribution in [0.25, 0.3) is 11.0 Å². The van der Waals surface area contributed by atoms with Gasteiger partial charge in [-0.3, -0.25) is 5.10 Å². The lowest BCUT2D eigenvalue weighted by Crippen LogP contribution is -2.18. The molecular formula is C11H17N3OSi. The third-order valence-electron chi connectivity index (χ3n) is 2.64. The molecule has 0 spiro atoms. The number of H-pyrrole nitrogens is 1. The van der Waals surface area contributed by atoms with Gasteiger partial charge in [-0.25, -0.2) is 0 Å². The SMILES string of the molecule is [SiH3]C1CCCCO1.c1ccc2[nH]nnc2c1. The molecule has 1 fully saturated rings. The molecule has 5 heteroatoms. The molecule has 16 heavy (non-hydrogen) atoms. The van der Waals surface area contributed by atoms with E-state index in [2.05, 4.69) is 15.4 Å². The smallest absolute Gasteiger partial charge is 0.112 e. The van der Waals surface area contributed by atoms with Crippen LogP contribution in [0.4, 0.5) is 0 Å². The van der Waals surface area contributed by atoms with E-state index in [4.69, 9.17) is 4.74 Å². The highest BCUT2D eigenvalue weighted by molar-refractivity contribution is 6.11. The van der Waals surface area contributed by atoms with Gasteiger partial charge in [-0.05, 0) is 31.4 Å². The summed E-state index contributed by atoms with van der Waals surface area (Å²) in [6.07, 6.45) is 4.01. The van der Waals surface area contributed by atoms with Crippen molar-refractivity contribution in [2.45, 2.75) is 25.0 Å². The van der Waals surface area contributed by atoms with E-state index in [-0.39, 0.29) is 0 Å². The number of para-hydroxylation sites is 1. The van der Waals surface area contributed by atoms with Crippen LogP contribution in [0.3, 0.4) is 0 Å². The van der Waals surface area contributed by atoms with Crippen LogP contribution in [0.5, 0.6) is 0 Å². The number of aromatic amines is 1. The fourth-order valence-electron chi connectivity index (χ4n) is 1.69. The van der Waals surface area contributed by atoms with Crippen molar-refractivity contribution in [3.63, 3.8) is 0 Å². The summed E-state index contributed by atoms with van der Waals surface area (Å²) >= 11 is 0. The Kier molecular flexibility index (Phi) is 4.07. The molecule has 1 aromatic carbocycles. The summed E-state index contributed by atoms with van der Waals surface area (Å²) in [5.74, 6) is 0. The van der Waals surface area contributed by atoms with E-state index in [9.17, 15) is 0 Å². The molecule has 0 amide bonds. The van der Waals surface area contributed by atoms with Gasteiger partial charge in [0, 0.05) is 22.6 Å². The molecule has 1 saturated heterocycles. The Balaban J connectivity index is 0.000000125. The molecule has 0 radical (unpaired) electrons. The Bertz CT molecular complexity index is 396. The Hall–Kier alpha value is -1.20. The number of hydrogen-bond acceptors (Lipinski definition) is 3. The highest BCUT2D eigenvalue weighted by atomic mass is 28.1. The van der Waals surface area contributed by atoms with E-state index in [1.807, 2.05) is 24.3 Å². The maximum Gasteiger partial charge on any atom is 0.112 e. The van der Waals surface area contributed by atoms with Crippen molar-refractivity contribution in [1.82, 2.24) is 15.4 Å². The fourth-order valence-corrected chi connectivity index (χ4v) is 2.33. The molecule has 0 aliphatic carbocycles. The standard InChI is InChI=1S/C6H5N3.C5H12OSi/c1-2-4-6-5(3-1)7-9-8-6;7-5-3-1-2-4-6-5/h1-4H,(H,7,8,9);5H,1-4H2,7H3. The van der Waals surface area contributed by atoms with Gasteiger partial charge in [-0.1, -0.05) is 17.3 Å². The van der Waals surface area contributed by atoms with Crippen molar-refractivity contribution in [2.24, 2.45) is 0 Å². The lowest BCUT2D eigenvalue weighted by atomic mass is 10.2. The van der Waals surface area contributed by atoms with Gasteiger partial charge in [0.05, 0.1) is 5.52 Å². The molecule has 1 atom stereocenters. The molecule has 1 aromatic heterocycles. The summed E-state index contributed by atoms with van der Waals surface area (Å²) < 4.78 is 5.34. The first kappa shape index (κ1) is 11.3. The Morgan fingerprint density at radius 1 is 1.31 bits per heavy atom. The predicted molar refractivity (Wildman–Crippen MR) is 67.4 cm³/mol. The van der Waals surface area contributed by atoms with Crippen LogP contribution in [-0.2, 0) is 4.74 Å². The third kappa shape index (κ3) is 3.14.